The molecule has 0 spiro atoms. The van der Waals surface area contributed by atoms with E-state index in [0.29, 0.717) is 28.9 Å². The molecule has 0 heterocycles. The third-order valence-electron chi connectivity index (χ3n) is 4.22. The number of hydrogen-bond acceptors (Lipinski definition) is 3. The summed E-state index contributed by atoms with van der Waals surface area (Å²) >= 11 is 11.9. The first-order valence-corrected chi connectivity index (χ1v) is 9.63. The summed E-state index contributed by atoms with van der Waals surface area (Å²) < 4.78 is 11.4. The van der Waals surface area contributed by atoms with E-state index in [1.165, 1.54) is 0 Å². The summed E-state index contributed by atoms with van der Waals surface area (Å²) in [5, 5.41) is 1.17. The second-order valence-electron chi connectivity index (χ2n) is 6.21. The monoisotopic (exact) mass is 396 g/mol. The minimum atomic E-state index is 0.461. The number of hydrogen-bond donors (Lipinski definition) is 0. The maximum absolute atomic E-state index is 6.39. The molecule has 0 aliphatic carbocycles. The number of aryl methyl sites for hydroxylation is 1. The van der Waals surface area contributed by atoms with Crippen LogP contribution in [0.5, 0.6) is 11.5 Å². The van der Waals surface area contributed by atoms with E-state index in [1.807, 2.05) is 80.6 Å². The highest BCUT2D eigenvalue weighted by atomic mass is 35.5. The lowest BCUT2D eigenvalue weighted by atomic mass is 10.0. The Morgan fingerprint density at radius 2 is 1.67 bits per heavy atom. The quantitative estimate of drug-likeness (QED) is 0.449. The smallest absolute Gasteiger partial charge is 0.198 e. The zero-order valence-electron chi connectivity index (χ0n) is 15.4. The molecule has 3 aromatic rings. The van der Waals surface area contributed by atoms with E-state index in [4.69, 9.17) is 33.3 Å². The van der Waals surface area contributed by atoms with E-state index in [-0.39, 0.29) is 0 Å². The van der Waals surface area contributed by atoms with Crippen molar-refractivity contribution in [2.45, 2.75) is 20.3 Å². The lowest BCUT2D eigenvalue weighted by Crippen LogP contribution is -2.09. The molecule has 0 fully saturated rings. The maximum Gasteiger partial charge on any atom is 0.198 e. The molecule has 138 valence electrons. The normalized spacial score (nSPS) is 10.5. The van der Waals surface area contributed by atoms with Gasteiger partial charge >= 0.3 is 0 Å². The predicted molar refractivity (Wildman–Crippen MR) is 115 cm³/mol. The van der Waals surface area contributed by atoms with Gasteiger partial charge in [-0.3, -0.25) is 0 Å². The number of benzene rings is 3. The van der Waals surface area contributed by atoms with Crippen LogP contribution in [0.25, 0.3) is 0 Å². The zero-order chi connectivity index (χ0) is 19.2. The summed E-state index contributed by atoms with van der Waals surface area (Å²) in [5.74, 6) is 1.56. The molecule has 0 aromatic heterocycles. The van der Waals surface area contributed by atoms with Gasteiger partial charge in [0.05, 0.1) is 6.61 Å². The van der Waals surface area contributed by atoms with Crippen LogP contribution in [-0.2, 0) is 6.42 Å². The summed E-state index contributed by atoms with van der Waals surface area (Å²) in [7, 11) is 0. The van der Waals surface area contributed by atoms with E-state index in [1.54, 1.807) is 0 Å². The van der Waals surface area contributed by atoms with Crippen LogP contribution < -0.4 is 9.47 Å². The van der Waals surface area contributed by atoms with Gasteiger partial charge < -0.3 is 9.47 Å². The Balaban J connectivity index is 1.76. The van der Waals surface area contributed by atoms with Crippen molar-refractivity contribution in [2.75, 3.05) is 6.61 Å². The summed E-state index contributed by atoms with van der Waals surface area (Å²) in [5.41, 5.74) is 4.16. The average molecular weight is 397 g/mol. The van der Waals surface area contributed by atoms with Gasteiger partial charge in [0.15, 0.2) is 5.05 Å². The number of thiocarbonyl (C=S) groups is 1. The van der Waals surface area contributed by atoms with Crippen LogP contribution in [0.1, 0.15) is 29.2 Å². The van der Waals surface area contributed by atoms with Gasteiger partial charge in [0.25, 0.3) is 0 Å². The molecular weight excluding hydrogens is 376 g/mol. The molecule has 0 unspecified atom stereocenters. The Hall–Kier alpha value is -2.36. The van der Waals surface area contributed by atoms with Crippen LogP contribution >= 0.6 is 23.8 Å². The molecule has 0 atom stereocenters. The van der Waals surface area contributed by atoms with Crippen molar-refractivity contribution in [1.29, 1.82) is 0 Å². The summed E-state index contributed by atoms with van der Waals surface area (Å²) in [6, 6.07) is 21.6. The first-order valence-electron chi connectivity index (χ1n) is 8.85. The minimum absolute atomic E-state index is 0.461. The molecule has 0 N–H and O–H groups in total. The second kappa shape index (κ2) is 9.03. The van der Waals surface area contributed by atoms with Gasteiger partial charge in [-0.15, -0.1) is 0 Å². The Morgan fingerprint density at radius 1 is 0.963 bits per heavy atom. The minimum Gasteiger partial charge on any atom is -0.494 e. The summed E-state index contributed by atoms with van der Waals surface area (Å²) in [4.78, 5) is 0. The van der Waals surface area contributed by atoms with Gasteiger partial charge in [0.2, 0.25) is 0 Å². The van der Waals surface area contributed by atoms with Gasteiger partial charge in [-0.2, -0.15) is 0 Å². The van der Waals surface area contributed by atoms with Gasteiger partial charge in [0, 0.05) is 10.6 Å². The van der Waals surface area contributed by atoms with Gasteiger partial charge in [0.1, 0.15) is 11.5 Å². The van der Waals surface area contributed by atoms with Crippen LogP contribution in [0, 0.1) is 6.92 Å². The predicted octanol–water partition coefficient (Wildman–Crippen LogP) is 6.39. The van der Waals surface area contributed by atoms with Crippen molar-refractivity contribution in [3.63, 3.8) is 0 Å². The standard InChI is InChI=1S/C23H21ClO2S/c1-3-25-19-10-8-17(9-11-19)14-18-15-20(12-13-22(18)24)26-23(27)21-7-5-4-6-16(21)2/h4-13,15H,3,14H2,1-2H3. The number of rotatable bonds is 6. The molecule has 3 rings (SSSR count). The Bertz CT molecular complexity index is 935. The molecule has 3 aromatic carbocycles. The van der Waals surface area contributed by atoms with Crippen LogP contribution in [-0.4, -0.2) is 11.7 Å². The molecular formula is C23H21ClO2S. The molecule has 0 aliphatic rings. The van der Waals surface area contributed by atoms with Crippen molar-refractivity contribution in [3.05, 3.63) is 94.0 Å². The highest BCUT2D eigenvalue weighted by Crippen LogP contribution is 2.26. The van der Waals surface area contributed by atoms with Crippen molar-refractivity contribution >= 4 is 28.9 Å². The topological polar surface area (TPSA) is 18.5 Å². The lowest BCUT2D eigenvalue weighted by molar-refractivity contribution is 0.340. The first-order chi connectivity index (χ1) is 13.1. The fourth-order valence-corrected chi connectivity index (χ4v) is 3.31. The molecule has 4 heteroatoms. The molecule has 0 bridgehead atoms. The van der Waals surface area contributed by atoms with Crippen LogP contribution in [0.4, 0.5) is 0 Å². The third-order valence-corrected chi connectivity index (χ3v) is 4.89. The van der Waals surface area contributed by atoms with Crippen molar-refractivity contribution in [2.24, 2.45) is 0 Å². The largest absolute Gasteiger partial charge is 0.494 e. The lowest BCUT2D eigenvalue weighted by Gasteiger charge is -2.12. The van der Waals surface area contributed by atoms with E-state index < -0.39 is 0 Å². The van der Waals surface area contributed by atoms with E-state index in [9.17, 15) is 0 Å². The van der Waals surface area contributed by atoms with Crippen molar-refractivity contribution in [1.82, 2.24) is 0 Å². The molecule has 0 radical (unpaired) electrons. The number of ether oxygens (including phenoxy) is 2. The molecule has 0 saturated heterocycles. The molecule has 27 heavy (non-hydrogen) atoms. The molecule has 0 saturated carbocycles. The molecule has 0 aliphatic heterocycles. The average Bonchev–Trinajstić information content (AvgIpc) is 2.66. The van der Waals surface area contributed by atoms with E-state index in [2.05, 4.69) is 0 Å². The molecule has 2 nitrogen and oxygen atoms in total. The van der Waals surface area contributed by atoms with E-state index >= 15 is 0 Å². The van der Waals surface area contributed by atoms with Gasteiger partial charge in [-0.05, 0) is 79.5 Å². The SMILES string of the molecule is CCOc1ccc(Cc2cc(OC(=S)c3ccccc3C)ccc2Cl)cc1. The fourth-order valence-electron chi connectivity index (χ4n) is 2.80. The number of halogens is 1. The highest BCUT2D eigenvalue weighted by molar-refractivity contribution is 7.80. The highest BCUT2D eigenvalue weighted by Gasteiger charge is 2.10. The van der Waals surface area contributed by atoms with Crippen LogP contribution in [0.3, 0.4) is 0 Å². The Kier molecular flexibility index (Phi) is 6.49. The fraction of sp³-hybridized carbons (Fsp3) is 0.174. The Labute approximate surface area is 170 Å². The van der Waals surface area contributed by atoms with Crippen molar-refractivity contribution in [3.8, 4) is 11.5 Å². The van der Waals surface area contributed by atoms with E-state index in [0.717, 1.165) is 28.0 Å². The van der Waals surface area contributed by atoms with Crippen LogP contribution in [0.15, 0.2) is 66.7 Å². The van der Waals surface area contributed by atoms with Crippen molar-refractivity contribution < 1.29 is 9.47 Å². The first kappa shape index (κ1) is 19.4. The van der Waals surface area contributed by atoms with Gasteiger partial charge in [-0.1, -0.05) is 48.0 Å². The summed E-state index contributed by atoms with van der Waals surface area (Å²) in [6.07, 6.45) is 0.708. The Morgan fingerprint density at radius 3 is 2.37 bits per heavy atom. The van der Waals surface area contributed by atoms with Crippen LogP contribution in [0.2, 0.25) is 5.02 Å². The molecule has 0 amide bonds. The maximum atomic E-state index is 6.39. The third kappa shape index (κ3) is 5.09. The summed E-state index contributed by atoms with van der Waals surface area (Å²) in [6.45, 7) is 4.65. The zero-order valence-corrected chi connectivity index (χ0v) is 16.9. The van der Waals surface area contributed by atoms with Gasteiger partial charge in [-0.25, -0.2) is 0 Å². The second-order valence-corrected chi connectivity index (χ2v) is 6.99.